The highest BCUT2D eigenvalue weighted by Crippen LogP contribution is 2.28. The predicted octanol–water partition coefficient (Wildman–Crippen LogP) is 1.56. The number of aryl methyl sites for hydroxylation is 1. The van der Waals surface area contributed by atoms with E-state index in [9.17, 15) is 13.2 Å². The molecule has 0 fully saturated rings. The predicted molar refractivity (Wildman–Crippen MR) is 70.1 cm³/mol. The summed E-state index contributed by atoms with van der Waals surface area (Å²) in [6.45, 7) is 3.53. The first-order chi connectivity index (χ1) is 8.44. The highest BCUT2D eigenvalue weighted by atomic mass is 32.2. The molecule has 0 radical (unpaired) electrons. The Morgan fingerprint density at radius 2 is 1.94 bits per heavy atom. The van der Waals surface area contributed by atoms with Crippen molar-refractivity contribution in [3.05, 3.63) is 34.4 Å². The van der Waals surface area contributed by atoms with Gasteiger partial charge in [-0.15, -0.1) is 0 Å². The summed E-state index contributed by atoms with van der Waals surface area (Å²) in [5.74, 6) is -0.595. The number of benzene rings is 1. The minimum Gasteiger partial charge on any atom is -0.268 e. The molecule has 1 N–H and O–H groups in total. The van der Waals surface area contributed by atoms with Crippen molar-refractivity contribution in [3.8, 4) is 0 Å². The Balaban J connectivity index is 2.36. The van der Waals surface area contributed by atoms with E-state index in [0.29, 0.717) is 5.56 Å². The van der Waals surface area contributed by atoms with Crippen LogP contribution in [0.4, 0.5) is 0 Å². The number of nitrogens with one attached hydrogen (secondary N) is 1. The largest absolute Gasteiger partial charge is 0.268 e. The average molecular weight is 267 g/mol. The van der Waals surface area contributed by atoms with Gasteiger partial charge in [-0.25, -0.2) is 13.1 Å². The molecule has 0 bridgehead atoms. The normalized spacial score (nSPS) is 14.3. The molecule has 0 aromatic heterocycles. The van der Waals surface area contributed by atoms with E-state index in [2.05, 4.69) is 4.72 Å². The molecule has 98 valence electrons. The molecule has 0 unspecified atom stereocenters. The lowest BCUT2D eigenvalue weighted by molar-refractivity contribution is 0.0980. The van der Waals surface area contributed by atoms with E-state index in [0.717, 1.165) is 24.8 Å². The van der Waals surface area contributed by atoms with Gasteiger partial charge in [0.15, 0.2) is 0 Å². The third-order valence-corrected chi connectivity index (χ3v) is 4.65. The number of hydrogen-bond donors (Lipinski definition) is 1. The summed E-state index contributed by atoms with van der Waals surface area (Å²) >= 11 is 0. The summed E-state index contributed by atoms with van der Waals surface area (Å²) in [5, 5.41) is 0. The topological polar surface area (TPSA) is 63.2 Å². The van der Waals surface area contributed by atoms with Gasteiger partial charge in [0.05, 0.1) is 5.75 Å². The minimum atomic E-state index is -3.49. The lowest BCUT2D eigenvalue weighted by atomic mass is 9.99. The van der Waals surface area contributed by atoms with Crippen molar-refractivity contribution >= 4 is 15.9 Å². The van der Waals surface area contributed by atoms with Gasteiger partial charge in [-0.1, -0.05) is 6.07 Å². The molecule has 0 saturated carbocycles. The van der Waals surface area contributed by atoms with Gasteiger partial charge in [-0.3, -0.25) is 4.79 Å². The first-order valence-corrected chi connectivity index (χ1v) is 7.76. The highest BCUT2D eigenvalue weighted by molar-refractivity contribution is 7.90. The molecule has 5 heteroatoms. The molecule has 18 heavy (non-hydrogen) atoms. The fourth-order valence-corrected chi connectivity index (χ4v) is 2.90. The van der Waals surface area contributed by atoms with Crippen LogP contribution in [0.15, 0.2) is 12.1 Å². The first-order valence-electron chi connectivity index (χ1n) is 6.11. The molecule has 0 spiro atoms. The number of sulfonamides is 1. The Bertz CT molecular complexity index is 590. The van der Waals surface area contributed by atoms with Gasteiger partial charge >= 0.3 is 0 Å². The standard InChI is InChI=1S/C13H17NO3S/c1-3-18(16,17)14-13(15)12-8-7-9(2)10-5-4-6-11(10)12/h7-8H,3-6H2,1-2H3,(H,14,15). The highest BCUT2D eigenvalue weighted by Gasteiger charge is 2.22. The maximum Gasteiger partial charge on any atom is 0.265 e. The van der Waals surface area contributed by atoms with Crippen LogP contribution in [0, 0.1) is 6.92 Å². The molecule has 1 aromatic carbocycles. The number of carbonyl (C=O) groups excluding carboxylic acids is 1. The summed E-state index contributed by atoms with van der Waals surface area (Å²) in [6, 6.07) is 3.61. The quantitative estimate of drug-likeness (QED) is 0.904. The van der Waals surface area contributed by atoms with Crippen LogP contribution >= 0.6 is 0 Å². The Morgan fingerprint density at radius 1 is 1.28 bits per heavy atom. The smallest absolute Gasteiger partial charge is 0.265 e. The molecule has 1 amide bonds. The third kappa shape index (κ3) is 2.41. The van der Waals surface area contributed by atoms with E-state index >= 15 is 0 Å². The lowest BCUT2D eigenvalue weighted by Gasteiger charge is -2.11. The molecule has 1 aliphatic carbocycles. The van der Waals surface area contributed by atoms with Crippen molar-refractivity contribution < 1.29 is 13.2 Å². The summed E-state index contributed by atoms with van der Waals surface area (Å²) in [5.41, 5.74) is 3.90. The second kappa shape index (κ2) is 4.72. The molecule has 0 atom stereocenters. The van der Waals surface area contributed by atoms with Crippen LogP contribution in [0.5, 0.6) is 0 Å². The number of fused-ring (bicyclic) bond motifs is 1. The molecule has 0 heterocycles. The van der Waals surface area contributed by atoms with Crippen molar-refractivity contribution in [1.29, 1.82) is 0 Å². The molecular weight excluding hydrogens is 250 g/mol. The van der Waals surface area contributed by atoms with Crippen LogP contribution in [0.1, 0.15) is 40.4 Å². The van der Waals surface area contributed by atoms with E-state index < -0.39 is 15.9 Å². The van der Waals surface area contributed by atoms with Gasteiger partial charge in [0.1, 0.15) is 0 Å². The van der Waals surface area contributed by atoms with Gasteiger partial charge in [0.2, 0.25) is 10.0 Å². The fraction of sp³-hybridized carbons (Fsp3) is 0.462. The summed E-state index contributed by atoms with van der Waals surface area (Å²) in [6.07, 6.45) is 2.86. The molecule has 0 aliphatic heterocycles. The van der Waals surface area contributed by atoms with E-state index in [-0.39, 0.29) is 5.75 Å². The third-order valence-electron chi connectivity index (χ3n) is 3.39. The zero-order chi connectivity index (χ0) is 13.3. The van der Waals surface area contributed by atoms with Crippen molar-refractivity contribution in [3.63, 3.8) is 0 Å². The molecule has 2 rings (SSSR count). The Hall–Kier alpha value is -1.36. The second-order valence-electron chi connectivity index (χ2n) is 4.58. The molecule has 0 saturated heterocycles. The Kier molecular flexibility index (Phi) is 3.43. The fourth-order valence-electron chi connectivity index (χ4n) is 2.37. The van der Waals surface area contributed by atoms with Crippen LogP contribution in [0.3, 0.4) is 0 Å². The van der Waals surface area contributed by atoms with E-state index in [4.69, 9.17) is 0 Å². The van der Waals surface area contributed by atoms with Crippen molar-refractivity contribution in [2.24, 2.45) is 0 Å². The molecule has 1 aromatic rings. The van der Waals surface area contributed by atoms with Crippen LogP contribution in [0.25, 0.3) is 0 Å². The average Bonchev–Trinajstić information content (AvgIpc) is 2.78. The summed E-state index contributed by atoms with van der Waals surface area (Å²) in [7, 11) is -3.49. The van der Waals surface area contributed by atoms with Crippen LogP contribution < -0.4 is 4.72 Å². The zero-order valence-electron chi connectivity index (χ0n) is 10.6. The Labute approximate surface area is 107 Å². The summed E-state index contributed by atoms with van der Waals surface area (Å²) < 4.78 is 24.9. The van der Waals surface area contributed by atoms with Gasteiger partial charge in [0, 0.05) is 5.56 Å². The van der Waals surface area contributed by atoms with Crippen molar-refractivity contribution in [1.82, 2.24) is 4.72 Å². The van der Waals surface area contributed by atoms with Gasteiger partial charge < -0.3 is 0 Å². The summed E-state index contributed by atoms with van der Waals surface area (Å²) in [4.78, 5) is 12.0. The number of hydrogen-bond acceptors (Lipinski definition) is 3. The van der Waals surface area contributed by atoms with Crippen LogP contribution in [-0.2, 0) is 22.9 Å². The maximum atomic E-state index is 12.0. The SMILES string of the molecule is CCS(=O)(=O)NC(=O)c1ccc(C)c2c1CCC2. The van der Waals surface area contributed by atoms with E-state index in [1.165, 1.54) is 18.1 Å². The van der Waals surface area contributed by atoms with Gasteiger partial charge in [0.25, 0.3) is 5.91 Å². The van der Waals surface area contributed by atoms with Crippen molar-refractivity contribution in [2.75, 3.05) is 5.75 Å². The first kappa shape index (κ1) is 13.1. The van der Waals surface area contributed by atoms with Crippen LogP contribution in [-0.4, -0.2) is 20.1 Å². The maximum absolute atomic E-state index is 12.0. The molecular formula is C13H17NO3S. The second-order valence-corrected chi connectivity index (χ2v) is 6.59. The Morgan fingerprint density at radius 3 is 2.61 bits per heavy atom. The number of amides is 1. The number of rotatable bonds is 3. The zero-order valence-corrected chi connectivity index (χ0v) is 11.4. The van der Waals surface area contributed by atoms with E-state index in [1.54, 1.807) is 6.07 Å². The molecule has 1 aliphatic rings. The van der Waals surface area contributed by atoms with Crippen molar-refractivity contribution in [2.45, 2.75) is 33.1 Å². The van der Waals surface area contributed by atoms with Gasteiger partial charge in [-0.2, -0.15) is 0 Å². The lowest BCUT2D eigenvalue weighted by Crippen LogP contribution is -2.32. The van der Waals surface area contributed by atoms with E-state index in [1.807, 2.05) is 13.0 Å². The number of carbonyl (C=O) groups is 1. The van der Waals surface area contributed by atoms with Gasteiger partial charge in [-0.05, 0) is 55.9 Å². The minimum absolute atomic E-state index is 0.0905. The molecule has 4 nitrogen and oxygen atoms in total. The van der Waals surface area contributed by atoms with Crippen LogP contribution in [0.2, 0.25) is 0 Å². The monoisotopic (exact) mass is 267 g/mol.